The number of aromatic nitrogens is 2. The van der Waals surface area contributed by atoms with Gasteiger partial charge in [0.1, 0.15) is 11.6 Å². The van der Waals surface area contributed by atoms with Crippen molar-refractivity contribution in [1.29, 1.82) is 0 Å². The highest BCUT2D eigenvalue weighted by molar-refractivity contribution is 7.98. The molecule has 20 heavy (non-hydrogen) atoms. The molecule has 1 aliphatic carbocycles. The van der Waals surface area contributed by atoms with E-state index in [2.05, 4.69) is 20.7 Å². The van der Waals surface area contributed by atoms with Crippen LogP contribution in [0.3, 0.4) is 0 Å². The SMILES string of the molecule is CSc1nc(NN)cc(NCC2(CO)CCCCC2)n1. The summed E-state index contributed by atoms with van der Waals surface area (Å²) < 4.78 is 0. The van der Waals surface area contributed by atoms with Crippen molar-refractivity contribution in [3.05, 3.63) is 6.07 Å². The molecule has 1 saturated carbocycles. The molecule has 1 fully saturated rings. The minimum Gasteiger partial charge on any atom is -0.396 e. The summed E-state index contributed by atoms with van der Waals surface area (Å²) in [5.41, 5.74) is 2.53. The first-order valence-electron chi connectivity index (χ1n) is 6.96. The fourth-order valence-electron chi connectivity index (χ4n) is 2.65. The average Bonchev–Trinajstić information content (AvgIpc) is 2.53. The first kappa shape index (κ1) is 15.3. The maximum atomic E-state index is 9.71. The van der Waals surface area contributed by atoms with Crippen molar-refractivity contribution in [1.82, 2.24) is 9.97 Å². The third kappa shape index (κ3) is 3.74. The van der Waals surface area contributed by atoms with Crippen LogP contribution in [0.2, 0.25) is 0 Å². The van der Waals surface area contributed by atoms with E-state index in [1.165, 1.54) is 31.0 Å². The number of nitrogens with two attached hydrogens (primary N) is 1. The lowest BCUT2D eigenvalue weighted by atomic mass is 9.74. The molecule has 0 radical (unpaired) electrons. The molecule has 0 spiro atoms. The Morgan fingerprint density at radius 1 is 1.30 bits per heavy atom. The van der Waals surface area contributed by atoms with Crippen LogP contribution >= 0.6 is 11.8 Å². The zero-order valence-corrected chi connectivity index (χ0v) is 12.7. The largest absolute Gasteiger partial charge is 0.396 e. The molecule has 0 saturated heterocycles. The van der Waals surface area contributed by atoms with Crippen LogP contribution in [0.15, 0.2) is 11.2 Å². The minimum atomic E-state index is -0.0149. The number of anilines is 2. The molecule has 1 heterocycles. The Balaban J connectivity index is 2.05. The lowest BCUT2D eigenvalue weighted by Gasteiger charge is -2.35. The molecule has 0 atom stereocenters. The van der Waals surface area contributed by atoms with E-state index < -0.39 is 0 Å². The molecule has 7 heteroatoms. The second-order valence-electron chi connectivity index (χ2n) is 5.34. The van der Waals surface area contributed by atoms with Gasteiger partial charge in [-0.25, -0.2) is 15.8 Å². The van der Waals surface area contributed by atoms with Crippen LogP contribution in [-0.4, -0.2) is 34.5 Å². The van der Waals surface area contributed by atoms with E-state index in [9.17, 15) is 5.11 Å². The second kappa shape index (κ2) is 7.10. The van der Waals surface area contributed by atoms with E-state index in [-0.39, 0.29) is 12.0 Å². The van der Waals surface area contributed by atoms with E-state index in [0.717, 1.165) is 25.2 Å². The molecule has 1 aliphatic rings. The molecule has 0 unspecified atom stereocenters. The van der Waals surface area contributed by atoms with Crippen molar-refractivity contribution in [2.75, 3.05) is 30.1 Å². The predicted octanol–water partition coefficient (Wildman–Crippen LogP) is 1.84. The summed E-state index contributed by atoms with van der Waals surface area (Å²) in [6, 6.07) is 1.79. The van der Waals surface area contributed by atoms with Crippen LogP contribution in [0.5, 0.6) is 0 Å². The van der Waals surface area contributed by atoms with E-state index in [4.69, 9.17) is 5.84 Å². The molecule has 1 aromatic rings. The number of hydrogen-bond donors (Lipinski definition) is 4. The maximum Gasteiger partial charge on any atom is 0.191 e. The van der Waals surface area contributed by atoms with Crippen LogP contribution in [0.4, 0.5) is 11.6 Å². The number of rotatable bonds is 6. The van der Waals surface area contributed by atoms with Gasteiger partial charge in [0.05, 0.1) is 6.61 Å². The summed E-state index contributed by atoms with van der Waals surface area (Å²) in [6.45, 7) is 0.959. The zero-order valence-electron chi connectivity index (χ0n) is 11.9. The number of hydrazine groups is 1. The maximum absolute atomic E-state index is 9.71. The van der Waals surface area contributed by atoms with Crippen LogP contribution in [-0.2, 0) is 0 Å². The van der Waals surface area contributed by atoms with Gasteiger partial charge in [-0.2, -0.15) is 0 Å². The molecule has 0 aliphatic heterocycles. The summed E-state index contributed by atoms with van der Waals surface area (Å²) in [5.74, 6) is 6.75. The van der Waals surface area contributed by atoms with Gasteiger partial charge in [0.25, 0.3) is 0 Å². The Morgan fingerprint density at radius 3 is 2.60 bits per heavy atom. The summed E-state index contributed by atoms with van der Waals surface area (Å²) >= 11 is 1.47. The number of thioether (sulfide) groups is 1. The highest BCUT2D eigenvalue weighted by Gasteiger charge is 2.31. The second-order valence-corrected chi connectivity index (χ2v) is 6.12. The van der Waals surface area contributed by atoms with E-state index in [0.29, 0.717) is 11.0 Å². The zero-order chi connectivity index (χ0) is 14.4. The van der Waals surface area contributed by atoms with Gasteiger partial charge in [-0.1, -0.05) is 31.0 Å². The molecular formula is C13H23N5OS. The Kier molecular flexibility index (Phi) is 5.45. The number of nitrogens with one attached hydrogen (secondary N) is 2. The Labute approximate surface area is 123 Å². The molecule has 1 aromatic heterocycles. The van der Waals surface area contributed by atoms with Gasteiger partial charge in [-0.05, 0) is 19.1 Å². The van der Waals surface area contributed by atoms with Crippen LogP contribution in [0.1, 0.15) is 32.1 Å². The van der Waals surface area contributed by atoms with E-state index >= 15 is 0 Å². The van der Waals surface area contributed by atoms with Crippen molar-refractivity contribution >= 4 is 23.4 Å². The highest BCUT2D eigenvalue weighted by Crippen LogP contribution is 2.36. The predicted molar refractivity (Wildman–Crippen MR) is 82.7 cm³/mol. The smallest absolute Gasteiger partial charge is 0.191 e. The van der Waals surface area contributed by atoms with Gasteiger partial charge in [0, 0.05) is 18.0 Å². The first-order valence-corrected chi connectivity index (χ1v) is 8.18. The van der Waals surface area contributed by atoms with Crippen molar-refractivity contribution in [3.63, 3.8) is 0 Å². The van der Waals surface area contributed by atoms with Crippen molar-refractivity contribution in [2.24, 2.45) is 11.3 Å². The lowest BCUT2D eigenvalue weighted by Crippen LogP contribution is -2.35. The summed E-state index contributed by atoms with van der Waals surface area (Å²) in [6.07, 6.45) is 7.72. The van der Waals surface area contributed by atoms with Gasteiger partial charge >= 0.3 is 0 Å². The normalized spacial score (nSPS) is 17.8. The summed E-state index contributed by atoms with van der Waals surface area (Å²) in [5, 5.41) is 13.7. The van der Waals surface area contributed by atoms with E-state index in [1.807, 2.05) is 6.26 Å². The van der Waals surface area contributed by atoms with Gasteiger partial charge in [-0.3, -0.25) is 0 Å². The van der Waals surface area contributed by atoms with E-state index in [1.54, 1.807) is 6.07 Å². The van der Waals surface area contributed by atoms with Gasteiger partial charge in [-0.15, -0.1) is 0 Å². The molecule has 0 aromatic carbocycles. The third-order valence-electron chi connectivity index (χ3n) is 3.93. The highest BCUT2D eigenvalue weighted by atomic mass is 32.2. The Morgan fingerprint density at radius 2 is 2.00 bits per heavy atom. The topological polar surface area (TPSA) is 96.1 Å². The number of nitrogens with zero attached hydrogens (tertiary/aromatic N) is 2. The number of aliphatic hydroxyl groups is 1. The Hall–Kier alpha value is -1.05. The average molecular weight is 297 g/mol. The molecular weight excluding hydrogens is 274 g/mol. The minimum absolute atomic E-state index is 0.0149. The van der Waals surface area contributed by atoms with Crippen LogP contribution < -0.4 is 16.6 Å². The molecule has 6 nitrogen and oxygen atoms in total. The van der Waals surface area contributed by atoms with Crippen molar-refractivity contribution < 1.29 is 5.11 Å². The van der Waals surface area contributed by atoms with Crippen molar-refractivity contribution in [2.45, 2.75) is 37.3 Å². The Bertz CT molecular complexity index is 415. The van der Waals surface area contributed by atoms with Gasteiger partial charge in [0.2, 0.25) is 0 Å². The van der Waals surface area contributed by atoms with Crippen molar-refractivity contribution in [3.8, 4) is 0 Å². The number of nitrogen functional groups attached to an aromatic ring is 1. The third-order valence-corrected chi connectivity index (χ3v) is 4.48. The molecule has 2 rings (SSSR count). The quantitative estimate of drug-likeness (QED) is 0.275. The molecule has 0 bridgehead atoms. The fourth-order valence-corrected chi connectivity index (χ4v) is 3.03. The molecule has 5 N–H and O–H groups in total. The standard InChI is InChI=1S/C13H23N5OS/c1-20-12-16-10(7-11(17-12)18-14)15-8-13(9-19)5-3-2-4-6-13/h7,19H,2-6,8-9,14H2,1H3,(H2,15,16,17,18). The summed E-state index contributed by atoms with van der Waals surface area (Å²) in [7, 11) is 0. The van der Waals surface area contributed by atoms with Gasteiger partial charge < -0.3 is 15.8 Å². The van der Waals surface area contributed by atoms with Crippen LogP contribution in [0.25, 0.3) is 0 Å². The molecule has 0 amide bonds. The van der Waals surface area contributed by atoms with Crippen LogP contribution in [0, 0.1) is 5.41 Å². The first-order chi connectivity index (χ1) is 9.71. The fraction of sp³-hybridized carbons (Fsp3) is 0.692. The number of aliphatic hydroxyl groups excluding tert-OH is 1. The monoisotopic (exact) mass is 297 g/mol. The lowest BCUT2D eigenvalue weighted by molar-refractivity contribution is 0.0943. The number of hydrogen-bond acceptors (Lipinski definition) is 7. The molecule has 112 valence electrons. The summed E-state index contributed by atoms with van der Waals surface area (Å²) in [4.78, 5) is 8.64. The van der Waals surface area contributed by atoms with Gasteiger partial charge in [0.15, 0.2) is 5.16 Å².